The van der Waals surface area contributed by atoms with E-state index < -0.39 is 6.03 Å². The van der Waals surface area contributed by atoms with Gasteiger partial charge in [0.25, 0.3) is 0 Å². The minimum Gasteiger partial charge on any atom is -0.495 e. The number of anilines is 3. The van der Waals surface area contributed by atoms with Crippen molar-refractivity contribution in [2.45, 2.75) is 19.8 Å². The van der Waals surface area contributed by atoms with Crippen molar-refractivity contribution in [2.24, 2.45) is 0 Å². The summed E-state index contributed by atoms with van der Waals surface area (Å²) in [5, 5.41) is 6.04. The molecule has 7 heteroatoms. The van der Waals surface area contributed by atoms with Crippen LogP contribution in [0.4, 0.5) is 21.9 Å². The predicted molar refractivity (Wildman–Crippen MR) is 103 cm³/mol. The maximum absolute atomic E-state index is 12.3. The SMILES string of the molecule is CCN1C(=O)CCc2cc(NC(=O)Nc3cc(Cl)ccc3OC)ccc21. The van der Waals surface area contributed by atoms with Gasteiger partial charge in [0.05, 0.1) is 12.8 Å². The maximum atomic E-state index is 12.3. The molecule has 0 radical (unpaired) electrons. The molecule has 0 unspecified atom stereocenters. The summed E-state index contributed by atoms with van der Waals surface area (Å²) >= 11 is 5.98. The van der Waals surface area contributed by atoms with Gasteiger partial charge in [-0.25, -0.2) is 4.79 Å². The Bertz CT molecular complexity index is 854. The zero-order valence-electron chi connectivity index (χ0n) is 14.6. The molecule has 0 aromatic heterocycles. The quantitative estimate of drug-likeness (QED) is 0.839. The second-order valence-electron chi connectivity index (χ2n) is 5.91. The highest BCUT2D eigenvalue weighted by Crippen LogP contribution is 2.31. The van der Waals surface area contributed by atoms with E-state index in [1.165, 1.54) is 7.11 Å². The van der Waals surface area contributed by atoms with Crippen molar-refractivity contribution in [3.05, 3.63) is 47.0 Å². The van der Waals surface area contributed by atoms with Crippen molar-refractivity contribution < 1.29 is 14.3 Å². The second-order valence-corrected chi connectivity index (χ2v) is 6.34. The van der Waals surface area contributed by atoms with E-state index >= 15 is 0 Å². The molecule has 2 aromatic rings. The lowest BCUT2D eigenvalue weighted by molar-refractivity contribution is -0.118. The Kier molecular flexibility index (Phi) is 5.32. The van der Waals surface area contributed by atoms with Crippen LogP contribution in [0.3, 0.4) is 0 Å². The Morgan fingerprint density at radius 2 is 2.00 bits per heavy atom. The van der Waals surface area contributed by atoms with Crippen LogP contribution in [0, 0.1) is 0 Å². The average molecular weight is 374 g/mol. The van der Waals surface area contributed by atoms with Crippen molar-refractivity contribution in [2.75, 3.05) is 29.2 Å². The van der Waals surface area contributed by atoms with Crippen LogP contribution in [-0.4, -0.2) is 25.6 Å². The van der Waals surface area contributed by atoms with E-state index in [1.54, 1.807) is 29.2 Å². The summed E-state index contributed by atoms with van der Waals surface area (Å²) in [6, 6.07) is 10.2. The standard InChI is InChI=1S/C19H20ClN3O3/c1-3-23-16-7-6-14(10-12(16)4-9-18(23)24)21-19(25)22-15-11-13(20)5-8-17(15)26-2/h5-8,10-11H,3-4,9H2,1-2H3,(H2,21,22,25). The van der Waals surface area contributed by atoms with E-state index in [9.17, 15) is 9.59 Å². The minimum absolute atomic E-state index is 0.131. The van der Waals surface area contributed by atoms with Gasteiger partial charge in [0.15, 0.2) is 0 Å². The molecule has 0 saturated heterocycles. The normalized spacial score (nSPS) is 13.2. The molecule has 0 spiro atoms. The summed E-state index contributed by atoms with van der Waals surface area (Å²) in [5.41, 5.74) is 3.10. The third-order valence-corrected chi connectivity index (χ3v) is 4.50. The summed E-state index contributed by atoms with van der Waals surface area (Å²) in [4.78, 5) is 26.0. The lowest BCUT2D eigenvalue weighted by Crippen LogP contribution is -2.34. The van der Waals surface area contributed by atoms with Gasteiger partial charge in [-0.2, -0.15) is 0 Å². The van der Waals surface area contributed by atoms with Crippen molar-refractivity contribution in [3.8, 4) is 5.75 Å². The molecule has 0 atom stereocenters. The summed E-state index contributed by atoms with van der Waals surface area (Å²) in [6.07, 6.45) is 1.15. The fourth-order valence-electron chi connectivity index (χ4n) is 3.05. The van der Waals surface area contributed by atoms with Gasteiger partial charge in [-0.05, 0) is 55.3 Å². The smallest absolute Gasteiger partial charge is 0.323 e. The molecular formula is C19H20ClN3O3. The molecule has 136 valence electrons. The number of hydrogen-bond donors (Lipinski definition) is 2. The second kappa shape index (κ2) is 7.66. The maximum Gasteiger partial charge on any atom is 0.323 e. The molecule has 3 amide bonds. The summed E-state index contributed by atoms with van der Waals surface area (Å²) in [5.74, 6) is 0.651. The highest BCUT2D eigenvalue weighted by Gasteiger charge is 2.23. The average Bonchev–Trinajstić information content (AvgIpc) is 2.62. The zero-order valence-corrected chi connectivity index (χ0v) is 15.4. The van der Waals surface area contributed by atoms with Crippen molar-refractivity contribution >= 4 is 40.6 Å². The summed E-state index contributed by atoms with van der Waals surface area (Å²) in [7, 11) is 1.52. The molecule has 1 aliphatic rings. The van der Waals surface area contributed by atoms with Gasteiger partial charge in [-0.1, -0.05) is 11.6 Å². The lowest BCUT2D eigenvalue weighted by atomic mass is 10.0. The Labute approximate surface area is 157 Å². The molecule has 6 nitrogen and oxygen atoms in total. The largest absolute Gasteiger partial charge is 0.495 e. The van der Waals surface area contributed by atoms with Gasteiger partial charge >= 0.3 is 6.03 Å². The first-order chi connectivity index (χ1) is 12.5. The van der Waals surface area contributed by atoms with Crippen LogP contribution >= 0.6 is 11.6 Å². The first kappa shape index (κ1) is 18.1. The fraction of sp³-hybridized carbons (Fsp3) is 0.263. The molecule has 0 fully saturated rings. The highest BCUT2D eigenvalue weighted by atomic mass is 35.5. The van der Waals surface area contributed by atoms with E-state index in [4.69, 9.17) is 16.3 Å². The minimum atomic E-state index is -0.398. The number of urea groups is 1. The number of benzene rings is 2. The first-order valence-corrected chi connectivity index (χ1v) is 8.74. The number of ether oxygens (including phenoxy) is 1. The van der Waals surface area contributed by atoms with Crippen LogP contribution in [0.1, 0.15) is 18.9 Å². The van der Waals surface area contributed by atoms with Crippen molar-refractivity contribution in [3.63, 3.8) is 0 Å². The molecule has 2 aromatic carbocycles. The zero-order chi connectivity index (χ0) is 18.7. The van der Waals surface area contributed by atoms with Gasteiger partial charge < -0.3 is 20.3 Å². The van der Waals surface area contributed by atoms with E-state index in [1.807, 2.05) is 19.1 Å². The molecule has 3 rings (SSSR count). The van der Waals surface area contributed by atoms with Crippen molar-refractivity contribution in [1.82, 2.24) is 0 Å². The number of halogens is 1. The Hall–Kier alpha value is -2.73. The number of fused-ring (bicyclic) bond motifs is 1. The molecule has 1 aliphatic heterocycles. The number of carbonyl (C=O) groups excluding carboxylic acids is 2. The van der Waals surface area contributed by atoms with Gasteiger partial charge in [0.1, 0.15) is 5.75 Å². The molecule has 0 aliphatic carbocycles. The van der Waals surface area contributed by atoms with E-state index in [0.717, 1.165) is 11.3 Å². The van der Waals surface area contributed by atoms with E-state index in [-0.39, 0.29) is 5.91 Å². The van der Waals surface area contributed by atoms with E-state index in [2.05, 4.69) is 10.6 Å². The number of hydrogen-bond acceptors (Lipinski definition) is 3. The Morgan fingerprint density at radius 3 is 2.73 bits per heavy atom. The Balaban J connectivity index is 1.75. The molecule has 26 heavy (non-hydrogen) atoms. The Morgan fingerprint density at radius 1 is 1.19 bits per heavy atom. The van der Waals surface area contributed by atoms with Crippen LogP contribution in [0.15, 0.2) is 36.4 Å². The molecule has 2 N–H and O–H groups in total. The third-order valence-electron chi connectivity index (χ3n) is 4.26. The predicted octanol–water partition coefficient (Wildman–Crippen LogP) is 4.29. The summed E-state index contributed by atoms with van der Waals surface area (Å²) < 4.78 is 5.22. The molecule has 0 saturated carbocycles. The van der Waals surface area contributed by atoms with Crippen LogP contribution < -0.4 is 20.3 Å². The van der Waals surface area contributed by atoms with Gasteiger partial charge in [-0.15, -0.1) is 0 Å². The van der Waals surface area contributed by atoms with Crippen LogP contribution in [0.2, 0.25) is 5.02 Å². The first-order valence-electron chi connectivity index (χ1n) is 8.36. The van der Waals surface area contributed by atoms with Gasteiger partial charge in [-0.3, -0.25) is 4.79 Å². The topological polar surface area (TPSA) is 70.7 Å². The van der Waals surface area contributed by atoms with Crippen LogP contribution in [-0.2, 0) is 11.2 Å². The van der Waals surface area contributed by atoms with Crippen LogP contribution in [0.5, 0.6) is 5.75 Å². The van der Waals surface area contributed by atoms with Gasteiger partial charge in [0, 0.05) is 29.4 Å². The monoisotopic (exact) mass is 373 g/mol. The number of amides is 3. The van der Waals surface area contributed by atoms with E-state index in [0.29, 0.717) is 41.5 Å². The number of aryl methyl sites for hydroxylation is 1. The number of nitrogens with zero attached hydrogens (tertiary/aromatic N) is 1. The van der Waals surface area contributed by atoms with Gasteiger partial charge in [0.2, 0.25) is 5.91 Å². The van der Waals surface area contributed by atoms with Crippen molar-refractivity contribution in [1.29, 1.82) is 0 Å². The number of methoxy groups -OCH3 is 1. The summed E-state index contributed by atoms with van der Waals surface area (Å²) in [6.45, 7) is 2.58. The molecule has 1 heterocycles. The lowest BCUT2D eigenvalue weighted by Gasteiger charge is -2.28. The molecular weight excluding hydrogens is 354 g/mol. The number of rotatable bonds is 4. The number of carbonyl (C=O) groups is 2. The molecule has 0 bridgehead atoms. The number of nitrogens with one attached hydrogen (secondary N) is 2. The van der Waals surface area contributed by atoms with Crippen LogP contribution in [0.25, 0.3) is 0 Å². The highest BCUT2D eigenvalue weighted by molar-refractivity contribution is 6.31. The third kappa shape index (κ3) is 3.75. The fourth-order valence-corrected chi connectivity index (χ4v) is 3.22.